The molecule has 114 valence electrons. The van der Waals surface area contributed by atoms with Crippen molar-refractivity contribution >= 4 is 0 Å². The Balaban J connectivity index is 1.48. The fourth-order valence-corrected chi connectivity index (χ4v) is 2.64. The van der Waals surface area contributed by atoms with E-state index < -0.39 is 0 Å². The van der Waals surface area contributed by atoms with Crippen LogP contribution in [0, 0.1) is 18.3 Å². The Morgan fingerprint density at radius 2 is 1.73 bits per heavy atom. The van der Waals surface area contributed by atoms with Gasteiger partial charge in [-0.2, -0.15) is 10.2 Å². The fraction of sp³-hybridized carbons (Fsp3) is 0.438. The number of nitrogens with zero attached hydrogens (tertiary/aromatic N) is 5. The van der Waals surface area contributed by atoms with Crippen molar-refractivity contribution in [3.63, 3.8) is 0 Å². The molecule has 2 heterocycles. The second kappa shape index (κ2) is 6.69. The van der Waals surface area contributed by atoms with E-state index in [0.29, 0.717) is 17.3 Å². The number of hydrogen-bond acceptors (Lipinski definition) is 6. The van der Waals surface area contributed by atoms with Crippen molar-refractivity contribution in [2.75, 3.05) is 26.2 Å². The van der Waals surface area contributed by atoms with Gasteiger partial charge in [-0.1, -0.05) is 17.3 Å². The number of rotatable bonds is 4. The molecule has 3 rings (SSSR count). The summed E-state index contributed by atoms with van der Waals surface area (Å²) in [7, 11) is 0. The van der Waals surface area contributed by atoms with Crippen LogP contribution in [-0.2, 0) is 13.1 Å². The normalized spacial score (nSPS) is 16.5. The summed E-state index contributed by atoms with van der Waals surface area (Å²) < 4.78 is 5.17. The Hall–Kier alpha value is -2.23. The molecule has 1 aliphatic rings. The number of aromatic nitrogens is 2. The Morgan fingerprint density at radius 1 is 1.09 bits per heavy atom. The molecule has 0 amide bonds. The molecule has 0 saturated carbocycles. The zero-order valence-corrected chi connectivity index (χ0v) is 12.7. The van der Waals surface area contributed by atoms with Gasteiger partial charge in [0, 0.05) is 32.7 Å². The topological polar surface area (TPSA) is 69.2 Å². The Morgan fingerprint density at radius 3 is 2.27 bits per heavy atom. The third-order valence-electron chi connectivity index (χ3n) is 3.88. The monoisotopic (exact) mass is 297 g/mol. The predicted octanol–water partition coefficient (Wildman–Crippen LogP) is 1.57. The molecule has 0 atom stereocenters. The standard InChI is InChI=1S/C16H19N5O/c1-13-18-16(22-19-13)12-21-8-6-20(7-9-21)11-15-4-2-14(10-17)3-5-15/h2-5H,6-9,11-12H2,1H3. The molecule has 1 aliphatic heterocycles. The van der Waals surface area contributed by atoms with Crippen LogP contribution < -0.4 is 0 Å². The van der Waals surface area contributed by atoms with E-state index in [4.69, 9.17) is 9.78 Å². The van der Waals surface area contributed by atoms with E-state index in [1.54, 1.807) is 0 Å². The summed E-state index contributed by atoms with van der Waals surface area (Å²) in [4.78, 5) is 9.01. The molecule has 6 heteroatoms. The molecule has 1 aromatic heterocycles. The number of piperazine rings is 1. The minimum atomic E-state index is 0.689. The van der Waals surface area contributed by atoms with Crippen molar-refractivity contribution in [1.82, 2.24) is 19.9 Å². The Bertz CT molecular complexity index is 650. The van der Waals surface area contributed by atoms with E-state index in [1.165, 1.54) is 5.56 Å². The molecule has 1 saturated heterocycles. The maximum Gasteiger partial charge on any atom is 0.240 e. The third-order valence-corrected chi connectivity index (χ3v) is 3.88. The van der Waals surface area contributed by atoms with E-state index >= 15 is 0 Å². The largest absolute Gasteiger partial charge is 0.338 e. The third kappa shape index (κ3) is 3.70. The lowest BCUT2D eigenvalue weighted by Crippen LogP contribution is -2.45. The molecule has 1 fully saturated rings. The summed E-state index contributed by atoms with van der Waals surface area (Å²) in [6, 6.07) is 9.97. The second-order valence-electron chi connectivity index (χ2n) is 5.60. The molecule has 0 radical (unpaired) electrons. The lowest BCUT2D eigenvalue weighted by atomic mass is 10.1. The lowest BCUT2D eigenvalue weighted by Gasteiger charge is -2.33. The van der Waals surface area contributed by atoms with Gasteiger partial charge in [0.1, 0.15) is 0 Å². The first-order chi connectivity index (χ1) is 10.7. The van der Waals surface area contributed by atoms with Crippen LogP contribution in [0.4, 0.5) is 0 Å². The van der Waals surface area contributed by atoms with Crippen LogP contribution in [0.3, 0.4) is 0 Å². The van der Waals surface area contributed by atoms with Crippen LogP contribution >= 0.6 is 0 Å². The highest BCUT2D eigenvalue weighted by Gasteiger charge is 2.18. The molecule has 0 aliphatic carbocycles. The van der Waals surface area contributed by atoms with Gasteiger partial charge < -0.3 is 4.52 Å². The maximum absolute atomic E-state index is 8.82. The minimum absolute atomic E-state index is 0.689. The van der Waals surface area contributed by atoms with E-state index in [0.717, 1.165) is 39.3 Å². The zero-order valence-electron chi connectivity index (χ0n) is 12.7. The van der Waals surface area contributed by atoms with E-state index in [2.05, 4.69) is 26.0 Å². The van der Waals surface area contributed by atoms with Gasteiger partial charge in [-0.05, 0) is 24.6 Å². The van der Waals surface area contributed by atoms with Crippen molar-refractivity contribution in [2.45, 2.75) is 20.0 Å². The van der Waals surface area contributed by atoms with Crippen LogP contribution in [0.15, 0.2) is 28.8 Å². The number of hydrogen-bond donors (Lipinski definition) is 0. The molecular weight excluding hydrogens is 278 g/mol. The van der Waals surface area contributed by atoms with Crippen molar-refractivity contribution in [1.29, 1.82) is 5.26 Å². The maximum atomic E-state index is 8.82. The fourth-order valence-electron chi connectivity index (χ4n) is 2.64. The van der Waals surface area contributed by atoms with Gasteiger partial charge in [0.25, 0.3) is 0 Å². The van der Waals surface area contributed by atoms with Crippen LogP contribution in [0.1, 0.15) is 22.8 Å². The highest BCUT2D eigenvalue weighted by Crippen LogP contribution is 2.11. The molecule has 0 N–H and O–H groups in total. The van der Waals surface area contributed by atoms with Gasteiger partial charge in [0.05, 0.1) is 18.2 Å². The number of nitriles is 1. The minimum Gasteiger partial charge on any atom is -0.338 e. The first kappa shape index (κ1) is 14.7. The Labute approximate surface area is 129 Å². The zero-order chi connectivity index (χ0) is 15.4. The van der Waals surface area contributed by atoms with E-state index in [-0.39, 0.29) is 0 Å². The van der Waals surface area contributed by atoms with Gasteiger partial charge in [-0.15, -0.1) is 0 Å². The molecule has 0 unspecified atom stereocenters. The highest BCUT2D eigenvalue weighted by molar-refractivity contribution is 5.31. The van der Waals surface area contributed by atoms with Gasteiger partial charge in [-0.3, -0.25) is 9.80 Å². The van der Waals surface area contributed by atoms with E-state index in [9.17, 15) is 0 Å². The first-order valence-corrected chi connectivity index (χ1v) is 7.46. The van der Waals surface area contributed by atoms with Gasteiger partial charge in [-0.25, -0.2) is 0 Å². The van der Waals surface area contributed by atoms with Gasteiger partial charge >= 0.3 is 0 Å². The summed E-state index contributed by atoms with van der Waals surface area (Å²) >= 11 is 0. The summed E-state index contributed by atoms with van der Waals surface area (Å²) in [6.07, 6.45) is 0. The first-order valence-electron chi connectivity index (χ1n) is 7.46. The molecule has 6 nitrogen and oxygen atoms in total. The summed E-state index contributed by atoms with van der Waals surface area (Å²) in [5, 5.41) is 12.6. The molecule has 2 aromatic rings. The SMILES string of the molecule is Cc1noc(CN2CCN(Cc3ccc(C#N)cc3)CC2)n1. The van der Waals surface area contributed by atoms with Crippen molar-refractivity contribution in [3.05, 3.63) is 47.1 Å². The van der Waals surface area contributed by atoms with Crippen LogP contribution in [0.2, 0.25) is 0 Å². The molecule has 22 heavy (non-hydrogen) atoms. The summed E-state index contributed by atoms with van der Waals surface area (Å²) in [5.74, 6) is 1.38. The number of aryl methyl sites for hydroxylation is 1. The van der Waals surface area contributed by atoms with Crippen LogP contribution in [-0.4, -0.2) is 46.1 Å². The molecule has 0 spiro atoms. The molecule has 0 bridgehead atoms. The van der Waals surface area contributed by atoms with Crippen molar-refractivity contribution < 1.29 is 4.52 Å². The smallest absolute Gasteiger partial charge is 0.240 e. The lowest BCUT2D eigenvalue weighted by molar-refractivity contribution is 0.112. The second-order valence-corrected chi connectivity index (χ2v) is 5.60. The number of benzene rings is 1. The quantitative estimate of drug-likeness (QED) is 0.853. The van der Waals surface area contributed by atoms with Crippen molar-refractivity contribution in [2.24, 2.45) is 0 Å². The molecule has 1 aromatic carbocycles. The van der Waals surface area contributed by atoms with E-state index in [1.807, 2.05) is 31.2 Å². The summed E-state index contributed by atoms with van der Waals surface area (Å²) in [6.45, 7) is 7.53. The van der Waals surface area contributed by atoms with Crippen LogP contribution in [0.5, 0.6) is 0 Å². The van der Waals surface area contributed by atoms with Gasteiger partial charge in [0.15, 0.2) is 5.82 Å². The average Bonchev–Trinajstić information content (AvgIpc) is 2.95. The van der Waals surface area contributed by atoms with Gasteiger partial charge in [0.2, 0.25) is 5.89 Å². The average molecular weight is 297 g/mol. The summed E-state index contributed by atoms with van der Waals surface area (Å²) in [5.41, 5.74) is 1.96. The molecular formula is C16H19N5O. The van der Waals surface area contributed by atoms with Crippen molar-refractivity contribution in [3.8, 4) is 6.07 Å². The predicted molar refractivity (Wildman–Crippen MR) is 80.7 cm³/mol. The Kier molecular flexibility index (Phi) is 4.47. The van der Waals surface area contributed by atoms with Crippen LogP contribution in [0.25, 0.3) is 0 Å². The highest BCUT2D eigenvalue weighted by atomic mass is 16.5.